The summed E-state index contributed by atoms with van der Waals surface area (Å²) in [6, 6.07) is 0. The molecule has 5 nitrogen and oxygen atoms in total. The van der Waals surface area contributed by atoms with Crippen LogP contribution in [0.1, 0.15) is 5.89 Å². The van der Waals surface area contributed by atoms with Crippen molar-refractivity contribution < 1.29 is 4.52 Å². The lowest BCUT2D eigenvalue weighted by molar-refractivity contribution is 0.380. The van der Waals surface area contributed by atoms with Crippen LogP contribution >= 0.6 is 27.3 Å². The van der Waals surface area contributed by atoms with E-state index < -0.39 is 0 Å². The molecule has 2 aromatic heterocycles. The molecule has 7 heteroatoms. The third-order valence-electron chi connectivity index (χ3n) is 1.50. The zero-order chi connectivity index (χ0) is 9.80. The normalized spacial score (nSPS) is 10.4. The van der Waals surface area contributed by atoms with Gasteiger partial charge in [0, 0.05) is 18.3 Å². The summed E-state index contributed by atoms with van der Waals surface area (Å²) in [4.78, 5) is 8.10. The Hall–Kier alpha value is -0.950. The van der Waals surface area contributed by atoms with Gasteiger partial charge in [0.15, 0.2) is 11.5 Å². The van der Waals surface area contributed by atoms with Crippen LogP contribution in [-0.2, 0) is 6.42 Å². The van der Waals surface area contributed by atoms with Crippen molar-refractivity contribution in [2.24, 2.45) is 0 Å². The summed E-state index contributed by atoms with van der Waals surface area (Å²) in [6.45, 7) is 0.738. The van der Waals surface area contributed by atoms with E-state index in [-0.39, 0.29) is 0 Å². The summed E-state index contributed by atoms with van der Waals surface area (Å²) in [7, 11) is 0. The second-order valence-electron chi connectivity index (χ2n) is 2.49. The molecule has 0 fully saturated rings. The van der Waals surface area contributed by atoms with Gasteiger partial charge in [-0.25, -0.2) is 4.98 Å². The molecule has 0 saturated heterocycles. The Balaban J connectivity index is 1.78. The lowest BCUT2D eigenvalue weighted by Crippen LogP contribution is -2.04. The molecule has 0 amide bonds. The number of hydrogen-bond acceptors (Lipinski definition) is 6. The Morgan fingerprint density at radius 2 is 2.50 bits per heavy atom. The van der Waals surface area contributed by atoms with Crippen molar-refractivity contribution >= 4 is 32.4 Å². The van der Waals surface area contributed by atoms with E-state index in [4.69, 9.17) is 4.52 Å². The molecule has 2 aromatic rings. The minimum atomic E-state index is 0.633. The number of thiazole rings is 1. The number of nitrogens with zero attached hydrogens (tertiary/aromatic N) is 3. The first-order valence-electron chi connectivity index (χ1n) is 3.95. The highest BCUT2D eigenvalue weighted by Crippen LogP contribution is 2.18. The Labute approximate surface area is 92.7 Å². The SMILES string of the molecule is Brc1csc(NCCc2ncno2)n1. The fourth-order valence-electron chi connectivity index (χ4n) is 0.918. The summed E-state index contributed by atoms with van der Waals surface area (Å²) < 4.78 is 5.70. The molecule has 0 aliphatic carbocycles. The molecule has 2 rings (SSSR count). The molecule has 0 aliphatic heterocycles. The molecule has 14 heavy (non-hydrogen) atoms. The van der Waals surface area contributed by atoms with Gasteiger partial charge in [0.25, 0.3) is 0 Å². The van der Waals surface area contributed by atoms with Gasteiger partial charge in [0.05, 0.1) is 0 Å². The van der Waals surface area contributed by atoms with E-state index in [1.165, 1.54) is 6.33 Å². The fraction of sp³-hybridized carbons (Fsp3) is 0.286. The molecular weight excluding hydrogens is 268 g/mol. The van der Waals surface area contributed by atoms with Crippen LogP contribution in [0.4, 0.5) is 5.13 Å². The average molecular weight is 275 g/mol. The first kappa shape index (κ1) is 9.60. The van der Waals surface area contributed by atoms with Crippen LogP contribution < -0.4 is 5.32 Å². The van der Waals surface area contributed by atoms with E-state index in [9.17, 15) is 0 Å². The van der Waals surface area contributed by atoms with Crippen molar-refractivity contribution in [2.75, 3.05) is 11.9 Å². The van der Waals surface area contributed by atoms with Crippen LogP contribution in [0.25, 0.3) is 0 Å². The number of aromatic nitrogens is 3. The molecule has 74 valence electrons. The maximum Gasteiger partial charge on any atom is 0.228 e. The minimum Gasteiger partial charge on any atom is -0.361 e. The van der Waals surface area contributed by atoms with E-state index >= 15 is 0 Å². The Morgan fingerprint density at radius 1 is 1.57 bits per heavy atom. The van der Waals surface area contributed by atoms with Crippen LogP contribution in [0.3, 0.4) is 0 Å². The number of anilines is 1. The molecule has 0 bridgehead atoms. The predicted molar refractivity (Wildman–Crippen MR) is 56.3 cm³/mol. The van der Waals surface area contributed by atoms with E-state index in [2.05, 4.69) is 36.4 Å². The molecule has 0 atom stereocenters. The van der Waals surface area contributed by atoms with Crippen molar-refractivity contribution in [1.29, 1.82) is 0 Å². The summed E-state index contributed by atoms with van der Waals surface area (Å²) >= 11 is 4.83. The van der Waals surface area contributed by atoms with Gasteiger partial charge in [-0.05, 0) is 15.9 Å². The number of nitrogens with one attached hydrogen (secondary N) is 1. The molecule has 0 spiro atoms. The van der Waals surface area contributed by atoms with Crippen LogP contribution in [0.2, 0.25) is 0 Å². The predicted octanol–water partition coefficient (Wildman–Crippen LogP) is 1.94. The van der Waals surface area contributed by atoms with Crippen LogP contribution in [0, 0.1) is 0 Å². The average Bonchev–Trinajstić information content (AvgIpc) is 2.77. The van der Waals surface area contributed by atoms with Crippen molar-refractivity contribution in [1.82, 2.24) is 15.1 Å². The van der Waals surface area contributed by atoms with Crippen molar-refractivity contribution in [3.8, 4) is 0 Å². The second kappa shape index (κ2) is 4.52. The van der Waals surface area contributed by atoms with Crippen LogP contribution in [0.5, 0.6) is 0 Å². The summed E-state index contributed by atoms with van der Waals surface area (Å²) in [5.74, 6) is 0.633. The molecule has 0 aromatic carbocycles. The highest BCUT2D eigenvalue weighted by Gasteiger charge is 2.00. The van der Waals surface area contributed by atoms with Crippen LogP contribution in [0.15, 0.2) is 20.8 Å². The lowest BCUT2D eigenvalue weighted by Gasteiger charge is -1.97. The molecule has 0 radical (unpaired) electrons. The molecule has 0 aliphatic rings. The van der Waals surface area contributed by atoms with Gasteiger partial charge < -0.3 is 9.84 Å². The van der Waals surface area contributed by atoms with E-state index in [1.54, 1.807) is 11.3 Å². The van der Waals surface area contributed by atoms with Gasteiger partial charge in [0.1, 0.15) is 4.60 Å². The Kier molecular flexibility index (Phi) is 3.10. The molecule has 1 N–H and O–H groups in total. The molecular formula is C7H7BrN4OS. The topological polar surface area (TPSA) is 63.8 Å². The van der Waals surface area contributed by atoms with E-state index in [0.717, 1.165) is 16.3 Å². The Morgan fingerprint density at radius 3 is 3.14 bits per heavy atom. The summed E-state index contributed by atoms with van der Waals surface area (Å²) in [5.41, 5.74) is 0. The maximum atomic E-state index is 4.85. The summed E-state index contributed by atoms with van der Waals surface area (Å²) in [6.07, 6.45) is 2.10. The van der Waals surface area contributed by atoms with Gasteiger partial charge in [-0.2, -0.15) is 4.98 Å². The molecule has 0 unspecified atom stereocenters. The van der Waals surface area contributed by atoms with Gasteiger partial charge in [-0.1, -0.05) is 5.16 Å². The van der Waals surface area contributed by atoms with Gasteiger partial charge in [-0.3, -0.25) is 0 Å². The van der Waals surface area contributed by atoms with Crippen molar-refractivity contribution in [2.45, 2.75) is 6.42 Å². The fourth-order valence-corrected chi connectivity index (χ4v) is 2.09. The molecule has 0 saturated carbocycles. The largest absolute Gasteiger partial charge is 0.361 e. The van der Waals surface area contributed by atoms with Gasteiger partial charge >= 0.3 is 0 Å². The monoisotopic (exact) mass is 274 g/mol. The van der Waals surface area contributed by atoms with E-state index in [0.29, 0.717) is 12.3 Å². The highest BCUT2D eigenvalue weighted by molar-refractivity contribution is 9.10. The standard InChI is InChI=1S/C7H7BrN4OS/c8-5-3-14-7(12-5)9-2-1-6-10-4-11-13-6/h3-4H,1-2H2,(H,9,12). The zero-order valence-corrected chi connectivity index (χ0v) is 9.51. The zero-order valence-electron chi connectivity index (χ0n) is 7.11. The molecule has 2 heterocycles. The number of rotatable bonds is 4. The lowest BCUT2D eigenvalue weighted by atomic mass is 10.4. The Bertz CT molecular complexity index is 388. The van der Waals surface area contributed by atoms with Crippen molar-refractivity contribution in [3.63, 3.8) is 0 Å². The first-order chi connectivity index (χ1) is 6.84. The third-order valence-corrected chi connectivity index (χ3v) is 3.01. The first-order valence-corrected chi connectivity index (χ1v) is 5.62. The number of hydrogen-bond donors (Lipinski definition) is 1. The van der Waals surface area contributed by atoms with Crippen LogP contribution in [-0.4, -0.2) is 21.7 Å². The minimum absolute atomic E-state index is 0.633. The van der Waals surface area contributed by atoms with Crippen molar-refractivity contribution in [3.05, 3.63) is 22.2 Å². The van der Waals surface area contributed by atoms with Gasteiger partial charge in [-0.15, -0.1) is 11.3 Å². The summed E-state index contributed by atoms with van der Waals surface area (Å²) in [5, 5.41) is 9.48. The maximum absolute atomic E-state index is 4.85. The smallest absolute Gasteiger partial charge is 0.228 e. The second-order valence-corrected chi connectivity index (χ2v) is 4.16. The van der Waals surface area contributed by atoms with E-state index in [1.807, 2.05) is 5.38 Å². The highest BCUT2D eigenvalue weighted by atomic mass is 79.9. The quantitative estimate of drug-likeness (QED) is 0.923. The number of halogens is 1. The third kappa shape index (κ3) is 2.52. The van der Waals surface area contributed by atoms with Gasteiger partial charge in [0.2, 0.25) is 5.89 Å².